The topological polar surface area (TPSA) is 36.1 Å². The number of amides is 1. The van der Waals surface area contributed by atoms with Gasteiger partial charge in [0, 0.05) is 47.6 Å². The number of piperidine rings is 1. The van der Waals surface area contributed by atoms with E-state index in [0.29, 0.717) is 11.4 Å². The molecule has 140 valence electrons. The van der Waals surface area contributed by atoms with Crippen molar-refractivity contribution in [2.24, 2.45) is 5.92 Å². The summed E-state index contributed by atoms with van der Waals surface area (Å²) in [6, 6.07) is 16.2. The second-order valence-corrected chi connectivity index (χ2v) is 8.10. The SMILES string of the molecule is CC1CCN(C(=O)C[C@H](c2ccc(Cl)cc2)c2c[nH]c3ccccc23)CC1. The molecule has 1 saturated heterocycles. The Balaban J connectivity index is 1.66. The number of carbonyl (C=O) groups excluding carboxylic acids is 1. The van der Waals surface area contributed by atoms with Gasteiger partial charge in [0.15, 0.2) is 0 Å². The van der Waals surface area contributed by atoms with Crippen LogP contribution in [0, 0.1) is 5.92 Å². The van der Waals surface area contributed by atoms with Crippen LogP contribution < -0.4 is 0 Å². The van der Waals surface area contributed by atoms with Gasteiger partial charge in [-0.15, -0.1) is 0 Å². The van der Waals surface area contributed by atoms with E-state index < -0.39 is 0 Å². The van der Waals surface area contributed by atoms with Crippen molar-refractivity contribution in [2.45, 2.75) is 32.1 Å². The minimum atomic E-state index is 0.0188. The van der Waals surface area contributed by atoms with Crippen molar-refractivity contribution in [3.63, 3.8) is 0 Å². The van der Waals surface area contributed by atoms with E-state index in [1.807, 2.05) is 41.3 Å². The number of nitrogens with zero attached hydrogens (tertiary/aromatic N) is 1. The van der Waals surface area contributed by atoms with Crippen LogP contribution in [-0.2, 0) is 4.79 Å². The Morgan fingerprint density at radius 1 is 1.15 bits per heavy atom. The van der Waals surface area contributed by atoms with Crippen LogP contribution in [0.1, 0.15) is 43.2 Å². The van der Waals surface area contributed by atoms with Crippen molar-refractivity contribution in [1.29, 1.82) is 0 Å². The second kappa shape index (κ2) is 7.77. The van der Waals surface area contributed by atoms with Crippen molar-refractivity contribution in [1.82, 2.24) is 9.88 Å². The Morgan fingerprint density at radius 3 is 2.59 bits per heavy atom. The number of hydrogen-bond acceptors (Lipinski definition) is 1. The molecule has 1 aliphatic rings. The molecule has 0 bridgehead atoms. The van der Waals surface area contributed by atoms with Crippen LogP contribution in [0.3, 0.4) is 0 Å². The molecular formula is C23H25ClN2O. The van der Waals surface area contributed by atoms with E-state index in [4.69, 9.17) is 11.6 Å². The van der Waals surface area contributed by atoms with Crippen LogP contribution in [-0.4, -0.2) is 28.9 Å². The van der Waals surface area contributed by atoms with Gasteiger partial charge in [0.1, 0.15) is 0 Å². The fourth-order valence-corrected chi connectivity index (χ4v) is 4.17. The number of carbonyl (C=O) groups is 1. The number of halogens is 1. The number of aromatic nitrogens is 1. The van der Waals surface area contributed by atoms with Gasteiger partial charge in [-0.25, -0.2) is 0 Å². The summed E-state index contributed by atoms with van der Waals surface area (Å²) in [6.45, 7) is 4.02. The Kier molecular flexibility index (Phi) is 5.22. The zero-order chi connectivity index (χ0) is 18.8. The second-order valence-electron chi connectivity index (χ2n) is 7.66. The van der Waals surface area contributed by atoms with Gasteiger partial charge in [-0.2, -0.15) is 0 Å². The molecule has 1 aliphatic heterocycles. The van der Waals surface area contributed by atoms with Gasteiger partial charge in [-0.1, -0.05) is 48.9 Å². The van der Waals surface area contributed by atoms with Crippen molar-refractivity contribution in [2.75, 3.05) is 13.1 Å². The van der Waals surface area contributed by atoms with E-state index in [9.17, 15) is 4.79 Å². The van der Waals surface area contributed by atoms with Crippen LogP contribution in [0.5, 0.6) is 0 Å². The number of rotatable bonds is 4. The van der Waals surface area contributed by atoms with Gasteiger partial charge in [-0.3, -0.25) is 4.79 Å². The predicted molar refractivity (Wildman–Crippen MR) is 111 cm³/mol. The molecule has 4 rings (SSSR count). The number of likely N-dealkylation sites (tertiary alicyclic amines) is 1. The minimum absolute atomic E-state index is 0.0188. The summed E-state index contributed by atoms with van der Waals surface area (Å²) < 4.78 is 0. The first-order chi connectivity index (χ1) is 13.1. The molecule has 1 atom stereocenters. The molecule has 0 aliphatic carbocycles. The first-order valence-corrected chi connectivity index (χ1v) is 10.1. The molecule has 1 N–H and O–H groups in total. The molecule has 0 radical (unpaired) electrons. The lowest BCUT2D eigenvalue weighted by atomic mass is 9.87. The third kappa shape index (κ3) is 3.89. The zero-order valence-corrected chi connectivity index (χ0v) is 16.4. The lowest BCUT2D eigenvalue weighted by molar-refractivity contribution is -0.132. The fraction of sp³-hybridized carbons (Fsp3) is 0.348. The molecule has 1 amide bonds. The van der Waals surface area contributed by atoms with E-state index in [-0.39, 0.29) is 11.8 Å². The lowest BCUT2D eigenvalue weighted by Crippen LogP contribution is -2.38. The Morgan fingerprint density at radius 2 is 1.85 bits per heavy atom. The minimum Gasteiger partial charge on any atom is -0.361 e. The monoisotopic (exact) mass is 380 g/mol. The number of fused-ring (bicyclic) bond motifs is 1. The van der Waals surface area contributed by atoms with Gasteiger partial charge in [-0.05, 0) is 48.1 Å². The number of para-hydroxylation sites is 1. The normalized spacial score (nSPS) is 16.6. The average molecular weight is 381 g/mol. The number of aromatic amines is 1. The molecule has 3 nitrogen and oxygen atoms in total. The molecule has 0 saturated carbocycles. The summed E-state index contributed by atoms with van der Waals surface area (Å²) >= 11 is 6.10. The predicted octanol–water partition coefficient (Wildman–Crippen LogP) is 5.60. The van der Waals surface area contributed by atoms with Gasteiger partial charge in [0.05, 0.1) is 0 Å². The highest BCUT2D eigenvalue weighted by molar-refractivity contribution is 6.30. The smallest absolute Gasteiger partial charge is 0.223 e. The number of nitrogens with one attached hydrogen (secondary N) is 1. The zero-order valence-electron chi connectivity index (χ0n) is 15.6. The van der Waals surface area contributed by atoms with E-state index in [2.05, 4.69) is 30.2 Å². The highest BCUT2D eigenvalue weighted by Crippen LogP contribution is 2.34. The molecule has 0 unspecified atom stereocenters. The number of hydrogen-bond donors (Lipinski definition) is 1. The number of benzene rings is 2. The highest BCUT2D eigenvalue weighted by atomic mass is 35.5. The van der Waals surface area contributed by atoms with Gasteiger partial charge >= 0.3 is 0 Å². The first kappa shape index (κ1) is 18.1. The third-order valence-electron chi connectivity index (χ3n) is 5.78. The van der Waals surface area contributed by atoms with E-state index in [1.165, 1.54) is 10.9 Å². The molecule has 2 aromatic carbocycles. The van der Waals surface area contributed by atoms with Gasteiger partial charge < -0.3 is 9.88 Å². The van der Waals surface area contributed by atoms with Gasteiger partial charge in [0.25, 0.3) is 0 Å². The van der Waals surface area contributed by atoms with E-state index in [1.54, 1.807) is 0 Å². The Hall–Kier alpha value is -2.26. The van der Waals surface area contributed by atoms with Crippen LogP contribution in [0.25, 0.3) is 10.9 Å². The quantitative estimate of drug-likeness (QED) is 0.628. The molecule has 3 aromatic rings. The van der Waals surface area contributed by atoms with Crippen LogP contribution in [0.2, 0.25) is 5.02 Å². The summed E-state index contributed by atoms with van der Waals surface area (Å²) in [7, 11) is 0. The molecule has 27 heavy (non-hydrogen) atoms. The highest BCUT2D eigenvalue weighted by Gasteiger charge is 2.26. The van der Waals surface area contributed by atoms with Crippen molar-refractivity contribution in [3.05, 3.63) is 70.9 Å². The molecule has 1 aromatic heterocycles. The van der Waals surface area contributed by atoms with Gasteiger partial charge in [0.2, 0.25) is 5.91 Å². The van der Waals surface area contributed by atoms with Crippen molar-refractivity contribution in [3.8, 4) is 0 Å². The maximum atomic E-state index is 13.1. The molecular weight excluding hydrogens is 356 g/mol. The van der Waals surface area contributed by atoms with E-state index in [0.717, 1.165) is 42.9 Å². The average Bonchev–Trinajstić information content (AvgIpc) is 3.11. The maximum Gasteiger partial charge on any atom is 0.223 e. The molecule has 0 spiro atoms. The Labute approximate surface area is 165 Å². The fourth-order valence-electron chi connectivity index (χ4n) is 4.05. The van der Waals surface area contributed by atoms with E-state index >= 15 is 0 Å². The summed E-state index contributed by atoms with van der Waals surface area (Å²) in [5.41, 5.74) is 3.40. The largest absolute Gasteiger partial charge is 0.361 e. The molecule has 1 fully saturated rings. The summed E-state index contributed by atoms with van der Waals surface area (Å²) in [5, 5.41) is 1.89. The summed E-state index contributed by atoms with van der Waals surface area (Å²) in [5.74, 6) is 0.979. The lowest BCUT2D eigenvalue weighted by Gasteiger charge is -2.31. The third-order valence-corrected chi connectivity index (χ3v) is 6.04. The van der Waals surface area contributed by atoms with Crippen molar-refractivity contribution < 1.29 is 4.79 Å². The maximum absolute atomic E-state index is 13.1. The Bertz CT molecular complexity index is 923. The van der Waals surface area contributed by atoms with Crippen LogP contribution in [0.4, 0.5) is 0 Å². The molecule has 4 heteroatoms. The summed E-state index contributed by atoms with van der Waals surface area (Å²) in [4.78, 5) is 18.5. The number of H-pyrrole nitrogens is 1. The first-order valence-electron chi connectivity index (χ1n) is 9.71. The molecule has 2 heterocycles. The standard InChI is InChI=1S/C23H25ClN2O/c1-16-10-12-26(13-11-16)23(27)14-20(17-6-8-18(24)9-7-17)21-15-25-22-5-3-2-4-19(21)22/h2-9,15-16,20,25H,10-14H2,1H3/t20-/m1/s1. The summed E-state index contributed by atoms with van der Waals surface area (Å²) in [6.07, 6.45) is 4.74. The van der Waals surface area contributed by atoms with Crippen LogP contribution in [0.15, 0.2) is 54.7 Å². The van der Waals surface area contributed by atoms with Crippen molar-refractivity contribution >= 4 is 28.4 Å². The van der Waals surface area contributed by atoms with Crippen LogP contribution >= 0.6 is 11.6 Å².